The fourth-order valence-electron chi connectivity index (χ4n) is 3.98. The Kier molecular flexibility index (Phi) is 22.2. The van der Waals surface area contributed by atoms with Gasteiger partial charge in [-0.05, 0) is 44.9 Å². The lowest BCUT2D eigenvalue weighted by molar-refractivity contribution is -0.130. The SMILES string of the molecule is CCCCC/C=C\CCCCCCC(O)C(=O)NC(CS(=O)(=O)O)C(O)/C=C/CCCCCCCC. The monoisotopic (exact) mass is 531 g/mol. The van der Waals surface area contributed by atoms with Crippen LogP contribution in [0.2, 0.25) is 0 Å². The number of carbonyl (C=O) groups is 1. The Morgan fingerprint density at radius 2 is 1.22 bits per heavy atom. The summed E-state index contributed by atoms with van der Waals surface area (Å²) in [5.41, 5.74) is 0. The fraction of sp³-hybridized carbons (Fsp3) is 0.821. The molecule has 0 aromatic rings. The molecule has 36 heavy (non-hydrogen) atoms. The Balaban J connectivity index is 4.33. The molecule has 0 fully saturated rings. The highest BCUT2D eigenvalue weighted by molar-refractivity contribution is 7.85. The molecule has 0 heterocycles. The van der Waals surface area contributed by atoms with E-state index in [1.807, 2.05) is 0 Å². The molecule has 0 bridgehead atoms. The lowest BCUT2D eigenvalue weighted by atomic mass is 10.1. The molecule has 0 aliphatic rings. The zero-order chi connectivity index (χ0) is 27.1. The van der Waals surface area contributed by atoms with E-state index in [4.69, 9.17) is 0 Å². The molecule has 7 nitrogen and oxygen atoms in total. The highest BCUT2D eigenvalue weighted by Crippen LogP contribution is 2.11. The minimum absolute atomic E-state index is 0.265. The number of hydrogen-bond donors (Lipinski definition) is 4. The molecule has 0 rings (SSSR count). The van der Waals surface area contributed by atoms with Crippen LogP contribution in [0.3, 0.4) is 0 Å². The van der Waals surface area contributed by atoms with Gasteiger partial charge in [0.05, 0.1) is 17.9 Å². The zero-order valence-corrected chi connectivity index (χ0v) is 23.6. The Morgan fingerprint density at radius 1 is 0.750 bits per heavy atom. The predicted octanol–water partition coefficient (Wildman–Crippen LogP) is 5.86. The van der Waals surface area contributed by atoms with Crippen molar-refractivity contribution >= 4 is 16.0 Å². The molecular weight excluding hydrogens is 478 g/mol. The molecule has 0 saturated heterocycles. The number of aliphatic hydroxyl groups is 2. The van der Waals surface area contributed by atoms with Gasteiger partial charge in [0.2, 0.25) is 5.91 Å². The van der Waals surface area contributed by atoms with E-state index in [0.29, 0.717) is 6.42 Å². The normalized spacial score (nSPS) is 14.9. The summed E-state index contributed by atoms with van der Waals surface area (Å²) in [6.45, 7) is 4.36. The summed E-state index contributed by atoms with van der Waals surface area (Å²) in [5, 5.41) is 23.0. The lowest BCUT2D eigenvalue weighted by Gasteiger charge is -2.22. The number of rotatable bonds is 24. The van der Waals surface area contributed by atoms with Crippen LogP contribution in [0.5, 0.6) is 0 Å². The van der Waals surface area contributed by atoms with Gasteiger partial charge in [-0.15, -0.1) is 0 Å². The van der Waals surface area contributed by atoms with Crippen molar-refractivity contribution in [3.63, 3.8) is 0 Å². The van der Waals surface area contributed by atoms with Gasteiger partial charge in [-0.25, -0.2) is 0 Å². The molecule has 0 saturated carbocycles. The molecule has 1 amide bonds. The first-order chi connectivity index (χ1) is 17.2. The lowest BCUT2D eigenvalue weighted by Crippen LogP contribution is -2.50. The van der Waals surface area contributed by atoms with Crippen molar-refractivity contribution in [1.82, 2.24) is 5.32 Å². The second-order valence-corrected chi connectivity index (χ2v) is 11.3. The van der Waals surface area contributed by atoms with Crippen molar-refractivity contribution in [1.29, 1.82) is 0 Å². The van der Waals surface area contributed by atoms with Crippen molar-refractivity contribution < 1.29 is 28.0 Å². The van der Waals surface area contributed by atoms with Gasteiger partial charge < -0.3 is 15.5 Å². The van der Waals surface area contributed by atoms with E-state index < -0.39 is 40.0 Å². The highest BCUT2D eigenvalue weighted by atomic mass is 32.2. The Labute approximate surface area is 220 Å². The molecular formula is C28H53NO6S. The number of hydrogen-bond acceptors (Lipinski definition) is 5. The summed E-state index contributed by atoms with van der Waals surface area (Å²) in [4.78, 5) is 12.4. The van der Waals surface area contributed by atoms with Crippen molar-refractivity contribution in [2.75, 3.05) is 5.75 Å². The quantitative estimate of drug-likeness (QED) is 0.0702. The molecule has 0 aromatic heterocycles. The number of amides is 1. The Hall–Kier alpha value is -1.22. The molecule has 0 radical (unpaired) electrons. The van der Waals surface area contributed by atoms with E-state index in [2.05, 4.69) is 31.3 Å². The van der Waals surface area contributed by atoms with Gasteiger partial charge >= 0.3 is 0 Å². The van der Waals surface area contributed by atoms with E-state index in [9.17, 15) is 28.0 Å². The van der Waals surface area contributed by atoms with Gasteiger partial charge in [-0.1, -0.05) is 102 Å². The minimum Gasteiger partial charge on any atom is -0.387 e. The minimum atomic E-state index is -4.42. The molecule has 0 aliphatic heterocycles. The van der Waals surface area contributed by atoms with Crippen LogP contribution in [0.1, 0.15) is 123 Å². The third-order valence-corrected chi connectivity index (χ3v) is 7.01. The average Bonchev–Trinajstić information content (AvgIpc) is 2.82. The van der Waals surface area contributed by atoms with Gasteiger partial charge in [-0.2, -0.15) is 8.42 Å². The topological polar surface area (TPSA) is 124 Å². The molecule has 3 unspecified atom stereocenters. The van der Waals surface area contributed by atoms with Crippen LogP contribution in [0.15, 0.2) is 24.3 Å². The van der Waals surface area contributed by atoms with E-state index in [0.717, 1.165) is 51.4 Å². The number of unbranched alkanes of at least 4 members (excludes halogenated alkanes) is 13. The van der Waals surface area contributed by atoms with Gasteiger partial charge in [0, 0.05) is 0 Å². The van der Waals surface area contributed by atoms with Crippen LogP contribution in [0, 0.1) is 0 Å². The number of aliphatic hydroxyl groups excluding tert-OH is 2. The first-order valence-electron chi connectivity index (χ1n) is 14.1. The first kappa shape index (κ1) is 34.8. The molecule has 3 atom stereocenters. The number of nitrogens with one attached hydrogen (secondary N) is 1. The number of carbonyl (C=O) groups excluding carboxylic acids is 1. The summed E-state index contributed by atoms with van der Waals surface area (Å²) in [5.74, 6) is -1.55. The van der Waals surface area contributed by atoms with Crippen LogP contribution in [0.25, 0.3) is 0 Å². The molecule has 4 N–H and O–H groups in total. The van der Waals surface area contributed by atoms with Crippen LogP contribution in [-0.2, 0) is 14.9 Å². The maximum Gasteiger partial charge on any atom is 0.267 e. The van der Waals surface area contributed by atoms with Crippen molar-refractivity contribution in [2.45, 2.75) is 141 Å². The summed E-state index contributed by atoms with van der Waals surface area (Å²) in [6, 6.07) is -1.23. The largest absolute Gasteiger partial charge is 0.387 e. The molecule has 0 aromatic carbocycles. The molecule has 0 spiro atoms. The standard InChI is InChI=1S/C28H53NO6S/c1-3-5-7-9-11-13-14-15-17-19-21-23-27(31)28(32)29-25(24-36(33,34)35)26(30)22-20-18-16-12-10-8-6-4-2/h11,13,20,22,25-27,30-31H,3-10,12,14-19,21,23-24H2,1-2H3,(H,29,32)(H,33,34,35)/b13-11-,22-20+. The van der Waals surface area contributed by atoms with Gasteiger partial charge in [0.15, 0.2) is 0 Å². The van der Waals surface area contributed by atoms with Crippen molar-refractivity contribution in [3.05, 3.63) is 24.3 Å². The molecule has 0 aliphatic carbocycles. The average molecular weight is 532 g/mol. The Morgan fingerprint density at radius 3 is 1.81 bits per heavy atom. The second-order valence-electron chi connectivity index (χ2n) is 9.81. The zero-order valence-electron chi connectivity index (χ0n) is 22.7. The summed E-state index contributed by atoms with van der Waals surface area (Å²) >= 11 is 0. The smallest absolute Gasteiger partial charge is 0.267 e. The van der Waals surface area contributed by atoms with Gasteiger partial charge in [-0.3, -0.25) is 9.35 Å². The van der Waals surface area contributed by atoms with Gasteiger partial charge in [0.1, 0.15) is 6.10 Å². The van der Waals surface area contributed by atoms with E-state index in [1.165, 1.54) is 51.0 Å². The van der Waals surface area contributed by atoms with Gasteiger partial charge in [0.25, 0.3) is 10.1 Å². The summed E-state index contributed by atoms with van der Waals surface area (Å²) in [6.07, 6.45) is 22.6. The van der Waals surface area contributed by atoms with Crippen LogP contribution in [0.4, 0.5) is 0 Å². The Bertz CT molecular complexity index is 692. The third kappa shape index (κ3) is 22.0. The van der Waals surface area contributed by atoms with Crippen molar-refractivity contribution in [2.24, 2.45) is 0 Å². The molecule has 8 heteroatoms. The van der Waals surface area contributed by atoms with E-state index in [1.54, 1.807) is 6.08 Å². The first-order valence-corrected chi connectivity index (χ1v) is 15.8. The van der Waals surface area contributed by atoms with Crippen LogP contribution >= 0.6 is 0 Å². The highest BCUT2D eigenvalue weighted by Gasteiger charge is 2.27. The van der Waals surface area contributed by atoms with Crippen LogP contribution < -0.4 is 5.32 Å². The molecule has 212 valence electrons. The number of allylic oxidation sites excluding steroid dienone is 3. The maximum absolute atomic E-state index is 12.4. The third-order valence-electron chi connectivity index (χ3n) is 6.23. The van der Waals surface area contributed by atoms with E-state index >= 15 is 0 Å². The second kappa shape index (κ2) is 22.9. The fourth-order valence-corrected chi connectivity index (χ4v) is 4.71. The maximum atomic E-state index is 12.4. The van der Waals surface area contributed by atoms with E-state index in [-0.39, 0.29) is 6.42 Å². The summed E-state index contributed by atoms with van der Waals surface area (Å²) < 4.78 is 32.0. The van der Waals surface area contributed by atoms with Crippen LogP contribution in [-0.4, -0.2) is 53.1 Å². The van der Waals surface area contributed by atoms with Crippen molar-refractivity contribution in [3.8, 4) is 0 Å². The predicted molar refractivity (Wildman–Crippen MR) is 148 cm³/mol. The summed E-state index contributed by atoms with van der Waals surface area (Å²) in [7, 11) is -4.42.